The molecule has 106 valence electrons. The molecule has 18 heavy (non-hydrogen) atoms. The molecule has 0 aromatic carbocycles. The summed E-state index contributed by atoms with van der Waals surface area (Å²) < 4.78 is 5.45. The van der Waals surface area contributed by atoms with Crippen LogP contribution in [0.25, 0.3) is 0 Å². The maximum Gasteiger partial charge on any atom is 0.0594 e. The molecule has 2 heterocycles. The molecule has 0 aromatic heterocycles. The van der Waals surface area contributed by atoms with E-state index in [2.05, 4.69) is 36.0 Å². The predicted octanol–water partition coefficient (Wildman–Crippen LogP) is 0.637. The molecule has 2 aliphatic rings. The largest absolute Gasteiger partial charge is 0.379 e. The third kappa shape index (κ3) is 3.44. The summed E-state index contributed by atoms with van der Waals surface area (Å²) in [7, 11) is 2.06. The number of nitrogens with one attached hydrogen (secondary N) is 1. The van der Waals surface area contributed by atoms with E-state index in [9.17, 15) is 0 Å². The van der Waals surface area contributed by atoms with Crippen LogP contribution >= 0.6 is 0 Å². The average Bonchev–Trinajstić information content (AvgIpc) is 2.86. The van der Waals surface area contributed by atoms with Crippen molar-refractivity contribution in [2.24, 2.45) is 5.92 Å². The summed E-state index contributed by atoms with van der Waals surface area (Å²) in [4.78, 5) is 5.31. The van der Waals surface area contributed by atoms with Crippen LogP contribution in [0, 0.1) is 5.92 Å². The molecule has 2 rings (SSSR count). The molecule has 2 unspecified atom stereocenters. The van der Waals surface area contributed by atoms with Crippen molar-refractivity contribution in [3.05, 3.63) is 0 Å². The van der Waals surface area contributed by atoms with Crippen LogP contribution in [-0.2, 0) is 4.74 Å². The smallest absolute Gasteiger partial charge is 0.0594 e. The van der Waals surface area contributed by atoms with E-state index in [1.165, 1.54) is 19.5 Å². The number of likely N-dealkylation sites (tertiary alicyclic amines) is 1. The molecule has 2 atom stereocenters. The molecular formula is C14H29N3O. The molecule has 2 saturated heterocycles. The van der Waals surface area contributed by atoms with Crippen LogP contribution in [0.15, 0.2) is 0 Å². The number of hydrogen-bond acceptors (Lipinski definition) is 4. The molecule has 0 saturated carbocycles. The van der Waals surface area contributed by atoms with Crippen molar-refractivity contribution < 1.29 is 4.74 Å². The van der Waals surface area contributed by atoms with E-state index in [0.29, 0.717) is 6.04 Å². The van der Waals surface area contributed by atoms with Gasteiger partial charge in [0, 0.05) is 44.8 Å². The summed E-state index contributed by atoms with van der Waals surface area (Å²) in [6.45, 7) is 12.4. The fourth-order valence-corrected chi connectivity index (χ4v) is 3.31. The van der Waals surface area contributed by atoms with Gasteiger partial charge in [-0.3, -0.25) is 9.80 Å². The third-order valence-corrected chi connectivity index (χ3v) is 4.41. The van der Waals surface area contributed by atoms with Crippen LogP contribution in [0.4, 0.5) is 0 Å². The standard InChI is InChI=1S/C14H29N3O/c1-12(2)14(10-15-3)17-5-4-13(11-17)16-6-8-18-9-7-16/h12-15H,4-11H2,1-3H3. The second-order valence-electron chi connectivity index (χ2n) is 5.95. The molecule has 0 spiro atoms. The second-order valence-corrected chi connectivity index (χ2v) is 5.95. The minimum absolute atomic E-state index is 0.682. The lowest BCUT2D eigenvalue weighted by molar-refractivity contribution is 0.0170. The van der Waals surface area contributed by atoms with E-state index in [1.54, 1.807) is 0 Å². The molecular weight excluding hydrogens is 226 g/mol. The van der Waals surface area contributed by atoms with E-state index in [-0.39, 0.29) is 0 Å². The van der Waals surface area contributed by atoms with E-state index < -0.39 is 0 Å². The fraction of sp³-hybridized carbons (Fsp3) is 1.00. The molecule has 0 amide bonds. The molecule has 2 fully saturated rings. The van der Waals surface area contributed by atoms with Crippen molar-refractivity contribution in [3.8, 4) is 0 Å². The summed E-state index contributed by atoms with van der Waals surface area (Å²) >= 11 is 0. The van der Waals surface area contributed by atoms with Gasteiger partial charge in [0.25, 0.3) is 0 Å². The molecule has 4 heteroatoms. The van der Waals surface area contributed by atoms with Gasteiger partial charge in [0.05, 0.1) is 13.2 Å². The Bertz CT molecular complexity index is 241. The first kappa shape index (κ1) is 14.3. The van der Waals surface area contributed by atoms with Gasteiger partial charge >= 0.3 is 0 Å². The van der Waals surface area contributed by atoms with Crippen molar-refractivity contribution in [1.82, 2.24) is 15.1 Å². The minimum Gasteiger partial charge on any atom is -0.379 e. The van der Waals surface area contributed by atoms with Crippen molar-refractivity contribution in [3.63, 3.8) is 0 Å². The first-order valence-electron chi connectivity index (χ1n) is 7.42. The molecule has 4 nitrogen and oxygen atoms in total. The summed E-state index contributed by atoms with van der Waals surface area (Å²) in [5.41, 5.74) is 0. The maximum atomic E-state index is 5.45. The Morgan fingerprint density at radius 3 is 2.56 bits per heavy atom. The van der Waals surface area contributed by atoms with E-state index >= 15 is 0 Å². The number of likely N-dealkylation sites (N-methyl/N-ethyl adjacent to an activating group) is 1. The Hall–Kier alpha value is -0.160. The van der Waals surface area contributed by atoms with Gasteiger partial charge in [-0.25, -0.2) is 0 Å². The highest BCUT2D eigenvalue weighted by atomic mass is 16.5. The second kappa shape index (κ2) is 6.85. The Morgan fingerprint density at radius 1 is 1.22 bits per heavy atom. The minimum atomic E-state index is 0.682. The van der Waals surface area contributed by atoms with Gasteiger partial charge in [-0.1, -0.05) is 13.8 Å². The molecule has 0 aromatic rings. The summed E-state index contributed by atoms with van der Waals surface area (Å²) in [5, 5.41) is 3.35. The summed E-state index contributed by atoms with van der Waals surface area (Å²) in [6, 6.07) is 1.44. The highest BCUT2D eigenvalue weighted by Gasteiger charge is 2.32. The Labute approximate surface area is 112 Å². The molecule has 0 radical (unpaired) electrons. The van der Waals surface area contributed by atoms with Gasteiger partial charge in [-0.05, 0) is 19.4 Å². The maximum absolute atomic E-state index is 5.45. The number of ether oxygens (including phenoxy) is 1. The lowest BCUT2D eigenvalue weighted by Crippen LogP contribution is -2.48. The summed E-state index contributed by atoms with van der Waals surface area (Å²) in [5.74, 6) is 0.723. The highest BCUT2D eigenvalue weighted by Crippen LogP contribution is 2.21. The van der Waals surface area contributed by atoms with Crippen molar-refractivity contribution in [1.29, 1.82) is 0 Å². The van der Waals surface area contributed by atoms with Crippen molar-refractivity contribution >= 4 is 0 Å². The molecule has 2 aliphatic heterocycles. The van der Waals surface area contributed by atoms with E-state index in [1.807, 2.05) is 0 Å². The topological polar surface area (TPSA) is 27.7 Å². The SMILES string of the molecule is CNCC(C(C)C)N1CCC(N2CCOCC2)C1. The normalized spacial score (nSPS) is 29.0. The highest BCUT2D eigenvalue weighted by molar-refractivity contribution is 4.89. The molecule has 0 aliphatic carbocycles. The van der Waals surface area contributed by atoms with Crippen molar-refractivity contribution in [2.45, 2.75) is 32.4 Å². The lowest BCUT2D eigenvalue weighted by Gasteiger charge is -2.34. The summed E-state index contributed by atoms with van der Waals surface area (Å²) in [6.07, 6.45) is 1.33. The molecule has 1 N–H and O–H groups in total. The first-order valence-corrected chi connectivity index (χ1v) is 7.42. The Kier molecular flexibility index (Phi) is 5.42. The van der Waals surface area contributed by atoms with E-state index in [4.69, 9.17) is 4.74 Å². The number of nitrogens with zero attached hydrogens (tertiary/aromatic N) is 2. The van der Waals surface area contributed by atoms with Crippen molar-refractivity contribution in [2.75, 3.05) is 53.0 Å². The van der Waals surface area contributed by atoms with Crippen LogP contribution in [0.1, 0.15) is 20.3 Å². The monoisotopic (exact) mass is 255 g/mol. The van der Waals surface area contributed by atoms with Crippen LogP contribution in [0.5, 0.6) is 0 Å². The van der Waals surface area contributed by atoms with Gasteiger partial charge in [-0.15, -0.1) is 0 Å². The Balaban J connectivity index is 1.85. The van der Waals surface area contributed by atoms with Gasteiger partial charge < -0.3 is 10.1 Å². The zero-order valence-electron chi connectivity index (χ0n) is 12.2. The first-order chi connectivity index (χ1) is 8.72. The molecule has 0 bridgehead atoms. The zero-order valence-corrected chi connectivity index (χ0v) is 12.2. The van der Waals surface area contributed by atoms with Gasteiger partial charge in [0.1, 0.15) is 0 Å². The third-order valence-electron chi connectivity index (χ3n) is 4.41. The van der Waals surface area contributed by atoms with Crippen LogP contribution in [0.3, 0.4) is 0 Å². The number of hydrogen-bond donors (Lipinski definition) is 1. The van der Waals surface area contributed by atoms with Crippen LogP contribution in [-0.4, -0.2) is 74.9 Å². The number of rotatable bonds is 5. The quantitative estimate of drug-likeness (QED) is 0.780. The average molecular weight is 255 g/mol. The zero-order chi connectivity index (χ0) is 13.0. The van der Waals surface area contributed by atoms with Gasteiger partial charge in [0.2, 0.25) is 0 Å². The van der Waals surface area contributed by atoms with E-state index in [0.717, 1.165) is 44.8 Å². The Morgan fingerprint density at radius 2 is 1.94 bits per heavy atom. The fourth-order valence-electron chi connectivity index (χ4n) is 3.31. The van der Waals surface area contributed by atoms with Crippen LogP contribution < -0.4 is 5.32 Å². The van der Waals surface area contributed by atoms with Gasteiger partial charge in [-0.2, -0.15) is 0 Å². The predicted molar refractivity (Wildman–Crippen MR) is 74.9 cm³/mol. The number of morpholine rings is 1. The lowest BCUT2D eigenvalue weighted by atomic mass is 10.0. The van der Waals surface area contributed by atoms with Crippen LogP contribution in [0.2, 0.25) is 0 Å². The van der Waals surface area contributed by atoms with Gasteiger partial charge in [0.15, 0.2) is 0 Å².